The van der Waals surface area contributed by atoms with Crippen molar-refractivity contribution in [1.82, 2.24) is 9.80 Å². The van der Waals surface area contributed by atoms with E-state index >= 15 is 0 Å². The van der Waals surface area contributed by atoms with E-state index in [1.54, 1.807) is 7.11 Å². The highest BCUT2D eigenvalue weighted by molar-refractivity contribution is 5.81. The van der Waals surface area contributed by atoms with Crippen molar-refractivity contribution in [1.29, 1.82) is 0 Å². The first kappa shape index (κ1) is 14.8. The number of hydrogen-bond acceptors (Lipinski definition) is 3. The van der Waals surface area contributed by atoms with Gasteiger partial charge in [-0.3, -0.25) is 9.69 Å². The molecule has 0 aliphatic carbocycles. The summed E-state index contributed by atoms with van der Waals surface area (Å²) < 4.78 is 5.39. The second kappa shape index (κ2) is 7.25. The highest BCUT2D eigenvalue weighted by Crippen LogP contribution is 2.18. The van der Waals surface area contributed by atoms with E-state index in [9.17, 15) is 4.79 Å². The van der Waals surface area contributed by atoms with Gasteiger partial charge in [0.2, 0.25) is 5.91 Å². The fraction of sp³-hybridized carbons (Fsp3) is 0.933. The zero-order valence-electron chi connectivity index (χ0n) is 12.4. The van der Waals surface area contributed by atoms with Crippen molar-refractivity contribution < 1.29 is 9.53 Å². The van der Waals surface area contributed by atoms with Crippen molar-refractivity contribution in [3.05, 3.63) is 0 Å². The molecule has 1 amide bonds. The van der Waals surface area contributed by atoms with Crippen molar-refractivity contribution in [2.45, 2.75) is 57.6 Å². The second-order valence-corrected chi connectivity index (χ2v) is 5.89. The van der Waals surface area contributed by atoms with Crippen LogP contribution in [0.3, 0.4) is 0 Å². The lowest BCUT2D eigenvalue weighted by Crippen LogP contribution is -2.50. The molecule has 0 aromatic carbocycles. The van der Waals surface area contributed by atoms with Gasteiger partial charge in [-0.25, -0.2) is 0 Å². The van der Waals surface area contributed by atoms with Gasteiger partial charge in [-0.15, -0.1) is 0 Å². The summed E-state index contributed by atoms with van der Waals surface area (Å²) in [6.07, 6.45) is 7.38. The Morgan fingerprint density at radius 1 is 1.05 bits per heavy atom. The van der Waals surface area contributed by atoms with Gasteiger partial charge in [-0.2, -0.15) is 0 Å². The van der Waals surface area contributed by atoms with E-state index in [1.807, 2.05) is 0 Å². The predicted molar refractivity (Wildman–Crippen MR) is 76.1 cm³/mol. The zero-order valence-corrected chi connectivity index (χ0v) is 12.4. The molecule has 2 fully saturated rings. The molecule has 0 N–H and O–H groups in total. The number of nitrogens with zero attached hydrogens (tertiary/aromatic N) is 2. The van der Waals surface area contributed by atoms with Crippen LogP contribution >= 0.6 is 0 Å². The molecule has 110 valence electrons. The molecule has 1 atom stereocenters. The minimum absolute atomic E-state index is 0.0379. The molecule has 2 rings (SSSR count). The Morgan fingerprint density at radius 2 is 1.63 bits per heavy atom. The number of piperidine rings is 1. The van der Waals surface area contributed by atoms with Gasteiger partial charge in [0, 0.05) is 33.3 Å². The summed E-state index contributed by atoms with van der Waals surface area (Å²) in [5.41, 5.74) is 0. The van der Waals surface area contributed by atoms with Crippen LogP contribution in [0.1, 0.15) is 45.4 Å². The largest absolute Gasteiger partial charge is 0.381 e. The number of likely N-dealkylation sites (tertiary alicyclic amines) is 2. The number of amides is 1. The lowest BCUT2D eigenvalue weighted by Gasteiger charge is -2.36. The Morgan fingerprint density at radius 3 is 2.16 bits per heavy atom. The lowest BCUT2D eigenvalue weighted by atomic mass is 10.1. The summed E-state index contributed by atoms with van der Waals surface area (Å²) in [4.78, 5) is 17.0. The highest BCUT2D eigenvalue weighted by Gasteiger charge is 2.29. The first-order valence-electron chi connectivity index (χ1n) is 7.78. The second-order valence-electron chi connectivity index (χ2n) is 5.89. The summed E-state index contributed by atoms with van der Waals surface area (Å²) in [5, 5.41) is 0. The van der Waals surface area contributed by atoms with Crippen LogP contribution in [0.25, 0.3) is 0 Å². The summed E-state index contributed by atoms with van der Waals surface area (Å²) in [7, 11) is 1.78. The number of methoxy groups -OCH3 is 1. The van der Waals surface area contributed by atoms with Crippen LogP contribution in [0.4, 0.5) is 0 Å². The Hall–Kier alpha value is -0.610. The minimum Gasteiger partial charge on any atom is -0.381 e. The molecule has 0 aromatic heterocycles. The van der Waals surface area contributed by atoms with E-state index in [0.29, 0.717) is 12.0 Å². The van der Waals surface area contributed by atoms with Gasteiger partial charge < -0.3 is 9.64 Å². The number of carbonyl (C=O) groups is 1. The van der Waals surface area contributed by atoms with Crippen molar-refractivity contribution in [3.63, 3.8) is 0 Å². The van der Waals surface area contributed by atoms with E-state index in [4.69, 9.17) is 4.74 Å². The van der Waals surface area contributed by atoms with Gasteiger partial charge in [-0.1, -0.05) is 12.8 Å². The maximum atomic E-state index is 12.6. The van der Waals surface area contributed by atoms with Crippen LogP contribution in [0.2, 0.25) is 0 Å². The molecule has 0 aromatic rings. The Labute approximate surface area is 117 Å². The molecule has 0 radical (unpaired) electrons. The van der Waals surface area contributed by atoms with Crippen molar-refractivity contribution in [3.8, 4) is 0 Å². The van der Waals surface area contributed by atoms with E-state index in [1.165, 1.54) is 25.7 Å². The highest BCUT2D eigenvalue weighted by atomic mass is 16.5. The van der Waals surface area contributed by atoms with E-state index in [2.05, 4.69) is 16.7 Å². The standard InChI is InChI=1S/C15H28N2O2/c1-13(16-11-7-14(19-2)8-12-16)15(18)17-9-5-3-4-6-10-17/h13-14H,3-12H2,1-2H3/t13-/m0/s1. The smallest absolute Gasteiger partial charge is 0.239 e. The first-order chi connectivity index (χ1) is 9.22. The van der Waals surface area contributed by atoms with Gasteiger partial charge in [0.1, 0.15) is 0 Å². The average Bonchev–Trinajstić information content (AvgIpc) is 2.75. The van der Waals surface area contributed by atoms with Gasteiger partial charge in [-0.05, 0) is 32.6 Å². The SMILES string of the molecule is COC1CCN([C@@H](C)C(=O)N2CCCCCC2)CC1. The van der Waals surface area contributed by atoms with Crippen molar-refractivity contribution in [2.75, 3.05) is 33.3 Å². The monoisotopic (exact) mass is 268 g/mol. The zero-order chi connectivity index (χ0) is 13.7. The third-order valence-electron chi connectivity index (χ3n) is 4.63. The molecule has 2 heterocycles. The predicted octanol–water partition coefficient (Wildman–Crippen LogP) is 1.89. The molecule has 2 aliphatic rings. The summed E-state index contributed by atoms with van der Waals surface area (Å²) in [5.74, 6) is 0.331. The molecule has 0 spiro atoms. The summed E-state index contributed by atoms with van der Waals surface area (Å²) in [6, 6.07) is 0.0379. The van der Waals surface area contributed by atoms with Gasteiger partial charge in [0.05, 0.1) is 12.1 Å². The number of ether oxygens (including phenoxy) is 1. The topological polar surface area (TPSA) is 32.8 Å². The van der Waals surface area contributed by atoms with Crippen molar-refractivity contribution >= 4 is 5.91 Å². The Kier molecular flexibility index (Phi) is 5.64. The molecule has 4 nitrogen and oxygen atoms in total. The third kappa shape index (κ3) is 3.93. The molecular formula is C15H28N2O2. The Bertz CT molecular complexity index is 280. The lowest BCUT2D eigenvalue weighted by molar-refractivity contribution is -0.137. The fourth-order valence-corrected chi connectivity index (χ4v) is 3.21. The normalized spacial score (nSPS) is 25.1. The molecule has 0 saturated carbocycles. The maximum absolute atomic E-state index is 12.6. The number of hydrogen-bond donors (Lipinski definition) is 0. The summed E-state index contributed by atoms with van der Waals surface area (Å²) >= 11 is 0. The minimum atomic E-state index is 0.0379. The van der Waals surface area contributed by atoms with Crippen LogP contribution in [0.15, 0.2) is 0 Å². The van der Waals surface area contributed by atoms with Crippen LogP contribution in [0.5, 0.6) is 0 Å². The van der Waals surface area contributed by atoms with Crippen LogP contribution < -0.4 is 0 Å². The van der Waals surface area contributed by atoms with E-state index in [-0.39, 0.29) is 6.04 Å². The number of rotatable bonds is 3. The van der Waals surface area contributed by atoms with Crippen LogP contribution in [-0.4, -0.2) is 61.1 Å². The maximum Gasteiger partial charge on any atom is 0.239 e. The van der Waals surface area contributed by atoms with Crippen LogP contribution in [-0.2, 0) is 9.53 Å². The van der Waals surface area contributed by atoms with E-state index in [0.717, 1.165) is 39.0 Å². The number of carbonyl (C=O) groups excluding carboxylic acids is 1. The van der Waals surface area contributed by atoms with E-state index < -0.39 is 0 Å². The Balaban J connectivity index is 1.84. The quantitative estimate of drug-likeness (QED) is 0.783. The average molecular weight is 268 g/mol. The van der Waals surface area contributed by atoms with Crippen LogP contribution in [0, 0.1) is 0 Å². The summed E-state index contributed by atoms with van der Waals surface area (Å²) in [6.45, 7) is 5.95. The third-order valence-corrected chi connectivity index (χ3v) is 4.63. The molecule has 0 bridgehead atoms. The first-order valence-corrected chi connectivity index (χ1v) is 7.78. The molecule has 2 aliphatic heterocycles. The van der Waals surface area contributed by atoms with Crippen molar-refractivity contribution in [2.24, 2.45) is 0 Å². The van der Waals surface area contributed by atoms with Gasteiger partial charge in [0.25, 0.3) is 0 Å². The molecule has 4 heteroatoms. The molecule has 19 heavy (non-hydrogen) atoms. The molecule has 2 saturated heterocycles. The molecular weight excluding hydrogens is 240 g/mol. The van der Waals surface area contributed by atoms with Gasteiger partial charge in [0.15, 0.2) is 0 Å². The fourth-order valence-electron chi connectivity index (χ4n) is 3.21. The molecule has 0 unspecified atom stereocenters. The van der Waals surface area contributed by atoms with Gasteiger partial charge >= 0.3 is 0 Å².